The van der Waals surface area contributed by atoms with Crippen molar-refractivity contribution >= 4 is 29.5 Å². The highest BCUT2D eigenvalue weighted by Crippen LogP contribution is 2.37. The van der Waals surface area contributed by atoms with E-state index in [0.29, 0.717) is 23.8 Å². The highest BCUT2D eigenvalue weighted by Gasteiger charge is 2.33. The van der Waals surface area contributed by atoms with E-state index >= 15 is 0 Å². The summed E-state index contributed by atoms with van der Waals surface area (Å²) in [6.45, 7) is 5.03. The third-order valence-corrected chi connectivity index (χ3v) is 6.21. The first kappa shape index (κ1) is 21.2. The number of fused-ring (bicyclic) bond motifs is 1. The van der Waals surface area contributed by atoms with Crippen molar-refractivity contribution in [3.8, 4) is 0 Å². The van der Waals surface area contributed by atoms with Gasteiger partial charge in [0.05, 0.1) is 12.6 Å². The van der Waals surface area contributed by atoms with E-state index in [1.807, 2.05) is 48.5 Å². The Kier molecular flexibility index (Phi) is 7.41. The quantitative estimate of drug-likeness (QED) is 0.668. The van der Waals surface area contributed by atoms with E-state index < -0.39 is 0 Å². The molecule has 1 unspecified atom stereocenters. The van der Waals surface area contributed by atoms with Gasteiger partial charge in [-0.1, -0.05) is 55.8 Å². The number of hydrogen-bond acceptors (Lipinski definition) is 4. The second-order valence-corrected chi connectivity index (χ2v) is 9.16. The van der Waals surface area contributed by atoms with Gasteiger partial charge >= 0.3 is 0 Å². The van der Waals surface area contributed by atoms with Crippen LogP contribution in [0.15, 0.2) is 53.4 Å². The number of aliphatic hydroxyl groups excluding tert-OH is 1. The minimum absolute atomic E-state index is 0.0474. The van der Waals surface area contributed by atoms with Crippen molar-refractivity contribution in [3.63, 3.8) is 0 Å². The lowest BCUT2D eigenvalue weighted by Crippen LogP contribution is -2.51. The van der Waals surface area contributed by atoms with Crippen LogP contribution in [-0.2, 0) is 17.6 Å². The largest absolute Gasteiger partial charge is 0.394 e. The second kappa shape index (κ2) is 9.79. The summed E-state index contributed by atoms with van der Waals surface area (Å²) in [5.41, 5.74) is 2.19. The molecule has 6 heteroatoms. The molecule has 2 atom stereocenters. The molecule has 0 aromatic heterocycles. The van der Waals surface area contributed by atoms with Crippen LogP contribution in [0.3, 0.4) is 0 Å². The number of benzene rings is 2. The Bertz CT molecular complexity index is 800. The SMILES string of the molecule is CC(C)CN1Sc2ccc(Cl)cc2CC1C(=O)N[C@H](CO)Cc1ccccc1. The highest BCUT2D eigenvalue weighted by atomic mass is 35.5. The molecule has 0 radical (unpaired) electrons. The van der Waals surface area contributed by atoms with Gasteiger partial charge < -0.3 is 10.4 Å². The first-order chi connectivity index (χ1) is 13.5. The Morgan fingerprint density at radius 1 is 1.29 bits per heavy atom. The minimum Gasteiger partial charge on any atom is -0.394 e. The Morgan fingerprint density at radius 2 is 2.04 bits per heavy atom. The summed E-state index contributed by atoms with van der Waals surface area (Å²) in [5.74, 6) is 0.392. The standard InChI is InChI=1S/C22H27ClN2O2S/c1-15(2)13-25-20(12-17-11-18(23)8-9-21(17)28-25)22(27)24-19(14-26)10-16-6-4-3-5-7-16/h3-9,11,15,19-20,26H,10,12-14H2,1-2H3,(H,24,27)/t19-,20?/m0/s1. The Morgan fingerprint density at radius 3 is 2.71 bits per heavy atom. The molecule has 0 fully saturated rings. The van der Waals surface area contributed by atoms with Gasteiger partial charge in [-0.15, -0.1) is 0 Å². The molecule has 0 bridgehead atoms. The maximum atomic E-state index is 13.1. The van der Waals surface area contributed by atoms with E-state index in [4.69, 9.17) is 11.6 Å². The van der Waals surface area contributed by atoms with Crippen LogP contribution in [0.5, 0.6) is 0 Å². The molecule has 0 saturated heterocycles. The van der Waals surface area contributed by atoms with E-state index in [2.05, 4.69) is 23.5 Å². The zero-order chi connectivity index (χ0) is 20.1. The van der Waals surface area contributed by atoms with Crippen LogP contribution >= 0.6 is 23.5 Å². The van der Waals surface area contributed by atoms with Crippen molar-refractivity contribution in [2.24, 2.45) is 5.92 Å². The van der Waals surface area contributed by atoms with Gasteiger partial charge in [-0.25, -0.2) is 4.31 Å². The van der Waals surface area contributed by atoms with Gasteiger partial charge in [0.15, 0.2) is 0 Å². The second-order valence-electron chi connectivity index (χ2n) is 7.63. The molecule has 1 heterocycles. The molecule has 3 rings (SSSR count). The fourth-order valence-electron chi connectivity index (χ4n) is 3.40. The van der Waals surface area contributed by atoms with E-state index in [0.717, 1.165) is 22.6 Å². The van der Waals surface area contributed by atoms with Gasteiger partial charge in [-0.3, -0.25) is 4.79 Å². The van der Waals surface area contributed by atoms with Gasteiger partial charge in [-0.05, 0) is 60.0 Å². The third kappa shape index (κ3) is 5.51. The number of amides is 1. The number of halogens is 1. The average Bonchev–Trinajstić information content (AvgIpc) is 2.67. The van der Waals surface area contributed by atoms with Gasteiger partial charge in [-0.2, -0.15) is 0 Å². The summed E-state index contributed by atoms with van der Waals surface area (Å²) in [6.07, 6.45) is 1.22. The van der Waals surface area contributed by atoms with Crippen molar-refractivity contribution in [1.82, 2.24) is 9.62 Å². The predicted octanol–water partition coefficient (Wildman–Crippen LogP) is 3.95. The Hall–Kier alpha value is -1.53. The number of nitrogens with zero attached hydrogens (tertiary/aromatic N) is 1. The maximum Gasteiger partial charge on any atom is 0.238 e. The molecule has 0 saturated carbocycles. The molecular weight excluding hydrogens is 392 g/mol. The summed E-state index contributed by atoms with van der Waals surface area (Å²) in [7, 11) is 0. The van der Waals surface area contributed by atoms with Gasteiger partial charge in [0.25, 0.3) is 0 Å². The number of hydrogen-bond donors (Lipinski definition) is 2. The maximum absolute atomic E-state index is 13.1. The zero-order valence-electron chi connectivity index (χ0n) is 16.3. The molecule has 1 aliphatic rings. The molecule has 2 aromatic rings. The Labute approximate surface area is 176 Å². The molecule has 150 valence electrons. The molecule has 0 aliphatic carbocycles. The van der Waals surface area contributed by atoms with Crippen LogP contribution in [0.1, 0.15) is 25.0 Å². The summed E-state index contributed by atoms with van der Waals surface area (Å²) < 4.78 is 2.16. The van der Waals surface area contributed by atoms with Crippen molar-refractivity contribution in [1.29, 1.82) is 0 Å². The van der Waals surface area contributed by atoms with E-state index in [1.54, 1.807) is 11.9 Å². The van der Waals surface area contributed by atoms with E-state index in [1.165, 1.54) is 0 Å². The van der Waals surface area contributed by atoms with Gasteiger partial charge in [0.2, 0.25) is 5.91 Å². The van der Waals surface area contributed by atoms with Crippen molar-refractivity contribution in [2.75, 3.05) is 13.2 Å². The predicted molar refractivity (Wildman–Crippen MR) is 116 cm³/mol. The van der Waals surface area contributed by atoms with Gasteiger partial charge in [0.1, 0.15) is 6.04 Å². The fraction of sp³-hybridized carbons (Fsp3) is 0.409. The fourth-order valence-corrected chi connectivity index (χ4v) is 4.91. The third-order valence-electron chi connectivity index (χ3n) is 4.74. The van der Waals surface area contributed by atoms with Crippen LogP contribution < -0.4 is 5.32 Å². The van der Waals surface area contributed by atoms with Crippen molar-refractivity contribution < 1.29 is 9.90 Å². The van der Waals surface area contributed by atoms with Gasteiger partial charge in [0, 0.05) is 16.5 Å². The summed E-state index contributed by atoms with van der Waals surface area (Å²) in [6, 6.07) is 15.2. The molecule has 1 aliphatic heterocycles. The number of rotatable bonds is 7. The van der Waals surface area contributed by atoms with E-state index in [-0.39, 0.29) is 24.6 Å². The van der Waals surface area contributed by atoms with Crippen LogP contribution in [0.2, 0.25) is 5.02 Å². The lowest BCUT2D eigenvalue weighted by Gasteiger charge is -2.36. The van der Waals surface area contributed by atoms with Crippen LogP contribution in [0.25, 0.3) is 0 Å². The monoisotopic (exact) mass is 418 g/mol. The summed E-state index contributed by atoms with van der Waals surface area (Å²) in [4.78, 5) is 14.3. The lowest BCUT2D eigenvalue weighted by molar-refractivity contribution is -0.125. The van der Waals surface area contributed by atoms with Crippen LogP contribution in [0, 0.1) is 5.92 Å². The van der Waals surface area contributed by atoms with Crippen LogP contribution in [-0.4, -0.2) is 40.6 Å². The molecule has 1 amide bonds. The molecule has 2 N–H and O–H groups in total. The smallest absolute Gasteiger partial charge is 0.238 e. The number of carbonyl (C=O) groups excluding carboxylic acids is 1. The number of nitrogens with one attached hydrogen (secondary N) is 1. The lowest BCUT2D eigenvalue weighted by atomic mass is 10.0. The highest BCUT2D eigenvalue weighted by molar-refractivity contribution is 7.97. The van der Waals surface area contributed by atoms with Crippen LogP contribution in [0.4, 0.5) is 0 Å². The normalized spacial score (nSPS) is 18.0. The average molecular weight is 419 g/mol. The van der Waals surface area contributed by atoms with E-state index in [9.17, 15) is 9.90 Å². The topological polar surface area (TPSA) is 52.6 Å². The number of carbonyl (C=O) groups is 1. The molecule has 28 heavy (non-hydrogen) atoms. The molecular formula is C22H27ClN2O2S. The zero-order valence-corrected chi connectivity index (χ0v) is 17.8. The molecule has 2 aromatic carbocycles. The number of aliphatic hydroxyl groups is 1. The Balaban J connectivity index is 1.74. The first-order valence-electron chi connectivity index (χ1n) is 9.64. The molecule has 0 spiro atoms. The summed E-state index contributed by atoms with van der Waals surface area (Å²) in [5, 5.41) is 13.5. The van der Waals surface area contributed by atoms with Crippen molar-refractivity contribution in [3.05, 3.63) is 64.7 Å². The molecule has 4 nitrogen and oxygen atoms in total. The van der Waals surface area contributed by atoms with Crippen molar-refractivity contribution in [2.45, 2.75) is 43.7 Å². The first-order valence-corrected chi connectivity index (χ1v) is 10.8. The minimum atomic E-state index is -0.304. The summed E-state index contributed by atoms with van der Waals surface area (Å²) >= 11 is 7.79.